The standard InChI is InChI=1S/C27H28N2O6/c1-2-19-7-3-4-9-24(19)34-17-23(30)20-11-12-25-22(15-20)29(27(32)18-35-25)13-5-10-26(31)28-16-21-8-6-14-33-21/h3-4,6-9,11-12,14-15H,2,5,10,13,16-18H2,1H3,(H,28,31). The zero-order chi connectivity index (χ0) is 24.6. The van der Waals surface area contributed by atoms with Gasteiger partial charge in [0.05, 0.1) is 18.5 Å². The molecular formula is C27H28N2O6. The third-order valence-corrected chi connectivity index (χ3v) is 5.76. The zero-order valence-corrected chi connectivity index (χ0v) is 19.6. The molecule has 0 fully saturated rings. The number of nitrogens with zero attached hydrogens (tertiary/aromatic N) is 1. The van der Waals surface area contributed by atoms with E-state index in [2.05, 4.69) is 5.32 Å². The van der Waals surface area contributed by atoms with Crippen LogP contribution in [0, 0.1) is 0 Å². The fourth-order valence-corrected chi connectivity index (χ4v) is 3.87. The SMILES string of the molecule is CCc1ccccc1OCC(=O)c1ccc2c(c1)N(CCCC(=O)NCc1ccco1)C(=O)CO2. The quantitative estimate of drug-likeness (QED) is 0.421. The number of benzene rings is 2. The number of anilines is 1. The second-order valence-electron chi connectivity index (χ2n) is 8.15. The van der Waals surface area contributed by atoms with Gasteiger partial charge in [-0.05, 0) is 54.8 Å². The Hall–Kier alpha value is -4.07. The minimum atomic E-state index is -0.216. The van der Waals surface area contributed by atoms with E-state index in [1.165, 1.54) is 0 Å². The lowest BCUT2D eigenvalue weighted by atomic mass is 10.1. The molecule has 2 aromatic carbocycles. The van der Waals surface area contributed by atoms with Crippen LogP contribution in [0.3, 0.4) is 0 Å². The zero-order valence-electron chi connectivity index (χ0n) is 19.6. The number of hydrogen-bond acceptors (Lipinski definition) is 6. The van der Waals surface area contributed by atoms with Crippen LogP contribution in [0.5, 0.6) is 11.5 Å². The summed E-state index contributed by atoms with van der Waals surface area (Å²) in [7, 11) is 0. The van der Waals surface area contributed by atoms with Gasteiger partial charge >= 0.3 is 0 Å². The van der Waals surface area contributed by atoms with Gasteiger partial charge in [-0.1, -0.05) is 25.1 Å². The van der Waals surface area contributed by atoms with Gasteiger partial charge in [0, 0.05) is 18.5 Å². The Bertz CT molecular complexity index is 1190. The van der Waals surface area contributed by atoms with E-state index in [0.717, 1.165) is 12.0 Å². The number of Topliss-reactive ketones (excluding diaryl/α,β-unsaturated/α-hetero) is 1. The number of ketones is 1. The number of rotatable bonds is 11. The molecule has 0 saturated carbocycles. The summed E-state index contributed by atoms with van der Waals surface area (Å²) < 4.78 is 16.5. The molecule has 0 spiro atoms. The molecule has 182 valence electrons. The first-order valence-corrected chi connectivity index (χ1v) is 11.7. The average Bonchev–Trinajstić information content (AvgIpc) is 3.41. The van der Waals surface area contributed by atoms with Crippen LogP contribution < -0.4 is 19.7 Å². The van der Waals surface area contributed by atoms with Crippen molar-refractivity contribution in [2.45, 2.75) is 32.7 Å². The van der Waals surface area contributed by atoms with Crippen molar-refractivity contribution in [3.8, 4) is 11.5 Å². The van der Waals surface area contributed by atoms with Crippen molar-refractivity contribution < 1.29 is 28.3 Å². The highest BCUT2D eigenvalue weighted by Gasteiger charge is 2.26. The summed E-state index contributed by atoms with van der Waals surface area (Å²) in [5.41, 5.74) is 1.98. The maximum Gasteiger partial charge on any atom is 0.265 e. The highest BCUT2D eigenvalue weighted by molar-refractivity contribution is 6.02. The molecule has 3 aromatic rings. The first kappa shape index (κ1) is 24.1. The summed E-state index contributed by atoms with van der Waals surface area (Å²) >= 11 is 0. The van der Waals surface area contributed by atoms with Gasteiger partial charge in [-0.15, -0.1) is 0 Å². The number of hydrogen-bond donors (Lipinski definition) is 1. The molecule has 2 heterocycles. The molecule has 0 saturated heterocycles. The molecule has 8 nitrogen and oxygen atoms in total. The fraction of sp³-hybridized carbons (Fsp3) is 0.296. The van der Waals surface area contributed by atoms with Crippen molar-refractivity contribution >= 4 is 23.3 Å². The second kappa shape index (κ2) is 11.4. The van der Waals surface area contributed by atoms with E-state index in [1.807, 2.05) is 31.2 Å². The summed E-state index contributed by atoms with van der Waals surface area (Å²) in [5, 5.41) is 2.79. The van der Waals surface area contributed by atoms with Crippen molar-refractivity contribution in [1.82, 2.24) is 5.32 Å². The molecule has 0 radical (unpaired) electrons. The Morgan fingerprint density at radius 3 is 2.77 bits per heavy atom. The lowest BCUT2D eigenvalue weighted by Gasteiger charge is -2.29. The number of aryl methyl sites for hydroxylation is 1. The molecule has 8 heteroatoms. The van der Waals surface area contributed by atoms with Crippen LogP contribution in [0.15, 0.2) is 65.3 Å². The Morgan fingerprint density at radius 1 is 1.11 bits per heavy atom. The van der Waals surface area contributed by atoms with E-state index in [9.17, 15) is 14.4 Å². The minimum Gasteiger partial charge on any atom is -0.485 e. The van der Waals surface area contributed by atoms with Gasteiger partial charge in [0.15, 0.2) is 19.0 Å². The molecule has 0 aliphatic carbocycles. The first-order chi connectivity index (χ1) is 17.0. The summed E-state index contributed by atoms with van der Waals surface area (Å²) in [5.74, 6) is 1.35. The van der Waals surface area contributed by atoms with Crippen molar-refractivity contribution in [3.05, 3.63) is 77.7 Å². The van der Waals surface area contributed by atoms with Crippen LogP contribution in [-0.2, 0) is 22.6 Å². The van der Waals surface area contributed by atoms with Crippen molar-refractivity contribution in [2.24, 2.45) is 0 Å². The average molecular weight is 477 g/mol. The lowest BCUT2D eigenvalue weighted by Crippen LogP contribution is -2.40. The third-order valence-electron chi connectivity index (χ3n) is 5.76. The van der Waals surface area contributed by atoms with E-state index in [0.29, 0.717) is 48.0 Å². The van der Waals surface area contributed by atoms with E-state index in [-0.39, 0.29) is 37.2 Å². The molecule has 1 aliphatic heterocycles. The molecule has 1 aliphatic rings. The summed E-state index contributed by atoms with van der Waals surface area (Å²) in [6.07, 6.45) is 3.07. The summed E-state index contributed by atoms with van der Waals surface area (Å²) in [6, 6.07) is 16.2. The molecule has 1 aromatic heterocycles. The van der Waals surface area contributed by atoms with Gasteiger partial charge in [-0.25, -0.2) is 0 Å². The highest BCUT2D eigenvalue weighted by atomic mass is 16.5. The van der Waals surface area contributed by atoms with Crippen molar-refractivity contribution in [1.29, 1.82) is 0 Å². The molecule has 0 atom stereocenters. The summed E-state index contributed by atoms with van der Waals surface area (Å²) in [6.45, 7) is 2.49. The van der Waals surface area contributed by atoms with Crippen LogP contribution in [0.25, 0.3) is 0 Å². The third kappa shape index (κ3) is 6.09. The predicted octanol–water partition coefficient (Wildman–Crippen LogP) is 3.93. The van der Waals surface area contributed by atoms with Gasteiger partial charge in [0.25, 0.3) is 5.91 Å². The summed E-state index contributed by atoms with van der Waals surface area (Å²) in [4.78, 5) is 39.1. The number of furan rings is 1. The first-order valence-electron chi connectivity index (χ1n) is 11.7. The Labute approximate surface area is 203 Å². The molecule has 4 rings (SSSR count). The number of nitrogens with one attached hydrogen (secondary N) is 1. The minimum absolute atomic E-state index is 0.0815. The second-order valence-corrected chi connectivity index (χ2v) is 8.15. The van der Waals surface area contributed by atoms with Crippen LogP contribution in [0.4, 0.5) is 5.69 Å². The van der Waals surface area contributed by atoms with Gasteiger partial charge in [-0.3, -0.25) is 14.4 Å². The number of amides is 2. The maximum atomic E-state index is 12.8. The number of carbonyl (C=O) groups is 3. The molecule has 35 heavy (non-hydrogen) atoms. The van der Waals surface area contributed by atoms with E-state index < -0.39 is 0 Å². The van der Waals surface area contributed by atoms with E-state index in [1.54, 1.807) is 41.5 Å². The van der Waals surface area contributed by atoms with Crippen LogP contribution in [-0.4, -0.2) is 37.4 Å². The molecular weight excluding hydrogens is 448 g/mol. The Balaban J connectivity index is 1.36. The Kier molecular flexibility index (Phi) is 7.82. The number of carbonyl (C=O) groups excluding carboxylic acids is 3. The normalized spacial score (nSPS) is 12.6. The van der Waals surface area contributed by atoms with Crippen LogP contribution in [0.1, 0.15) is 41.4 Å². The van der Waals surface area contributed by atoms with E-state index >= 15 is 0 Å². The van der Waals surface area contributed by atoms with Crippen molar-refractivity contribution in [2.75, 3.05) is 24.7 Å². The van der Waals surface area contributed by atoms with Gasteiger partial charge in [-0.2, -0.15) is 0 Å². The van der Waals surface area contributed by atoms with Gasteiger partial charge in [0.2, 0.25) is 5.91 Å². The molecule has 0 unspecified atom stereocenters. The van der Waals surface area contributed by atoms with Crippen molar-refractivity contribution in [3.63, 3.8) is 0 Å². The number of fused-ring (bicyclic) bond motifs is 1. The fourth-order valence-electron chi connectivity index (χ4n) is 3.87. The molecule has 1 N–H and O–H groups in total. The topological polar surface area (TPSA) is 98.1 Å². The van der Waals surface area contributed by atoms with Gasteiger partial charge < -0.3 is 24.1 Å². The number of ether oxygens (including phenoxy) is 2. The number of para-hydroxylation sites is 1. The molecule has 2 amide bonds. The maximum absolute atomic E-state index is 12.8. The molecule has 0 bridgehead atoms. The monoisotopic (exact) mass is 476 g/mol. The smallest absolute Gasteiger partial charge is 0.265 e. The van der Waals surface area contributed by atoms with Crippen LogP contribution in [0.2, 0.25) is 0 Å². The highest BCUT2D eigenvalue weighted by Crippen LogP contribution is 2.33. The Morgan fingerprint density at radius 2 is 1.97 bits per heavy atom. The largest absolute Gasteiger partial charge is 0.485 e. The lowest BCUT2D eigenvalue weighted by molar-refractivity contribution is -0.123. The van der Waals surface area contributed by atoms with E-state index in [4.69, 9.17) is 13.9 Å². The van der Waals surface area contributed by atoms with Crippen LogP contribution >= 0.6 is 0 Å². The van der Waals surface area contributed by atoms with Gasteiger partial charge in [0.1, 0.15) is 17.3 Å². The predicted molar refractivity (Wildman–Crippen MR) is 130 cm³/mol.